The molecule has 2 rings (SSSR count). The minimum atomic E-state index is -0.184. The largest absolute Gasteiger partial charge is 0.407 e. The number of aryl methyl sites for hydroxylation is 1. The number of pyridine rings is 1. The van der Waals surface area contributed by atoms with E-state index in [0.717, 1.165) is 12.0 Å². The van der Waals surface area contributed by atoms with Gasteiger partial charge in [-0.1, -0.05) is 6.07 Å². The summed E-state index contributed by atoms with van der Waals surface area (Å²) >= 11 is 0. The lowest BCUT2D eigenvalue weighted by Crippen LogP contribution is -2.16. The van der Waals surface area contributed by atoms with Crippen LogP contribution < -0.4 is 4.74 Å². The Hall–Kier alpha value is -1.38. The first-order chi connectivity index (χ1) is 5.36. The molecular formula is C8H7NO2. The number of hydrogen-bond donors (Lipinski definition) is 0. The molecular weight excluding hydrogens is 142 g/mol. The van der Waals surface area contributed by atoms with Gasteiger partial charge in [0.05, 0.1) is 6.42 Å². The zero-order chi connectivity index (χ0) is 7.68. The van der Waals surface area contributed by atoms with Crippen LogP contribution in [0.3, 0.4) is 0 Å². The highest BCUT2D eigenvalue weighted by molar-refractivity contribution is 5.74. The number of aromatic nitrogens is 1. The Morgan fingerprint density at radius 3 is 3.27 bits per heavy atom. The van der Waals surface area contributed by atoms with Gasteiger partial charge >= 0.3 is 5.97 Å². The van der Waals surface area contributed by atoms with Crippen LogP contribution in [0.25, 0.3) is 0 Å². The predicted molar refractivity (Wildman–Crippen MR) is 38.2 cm³/mol. The maximum Gasteiger partial charge on any atom is 0.312 e. The monoisotopic (exact) mass is 149 g/mol. The van der Waals surface area contributed by atoms with E-state index in [4.69, 9.17) is 4.74 Å². The fraction of sp³-hybridized carbons (Fsp3) is 0.250. The molecule has 0 aromatic carbocycles. The molecule has 3 heteroatoms. The number of rotatable bonds is 0. The molecule has 1 aromatic heterocycles. The smallest absolute Gasteiger partial charge is 0.312 e. The Balaban J connectivity index is 2.41. The van der Waals surface area contributed by atoms with Gasteiger partial charge in [-0.2, -0.15) is 0 Å². The fourth-order valence-corrected chi connectivity index (χ4v) is 1.10. The third-order valence-corrected chi connectivity index (χ3v) is 1.66. The van der Waals surface area contributed by atoms with E-state index in [9.17, 15) is 4.79 Å². The maximum atomic E-state index is 10.8. The van der Waals surface area contributed by atoms with E-state index < -0.39 is 0 Å². The molecule has 0 amide bonds. The third kappa shape index (κ3) is 1.09. The average Bonchev–Trinajstić information content (AvgIpc) is 2.04. The molecule has 0 saturated carbocycles. The van der Waals surface area contributed by atoms with Crippen molar-refractivity contribution in [2.75, 3.05) is 0 Å². The van der Waals surface area contributed by atoms with Crippen LogP contribution in [0, 0.1) is 0 Å². The van der Waals surface area contributed by atoms with Crippen molar-refractivity contribution in [2.24, 2.45) is 0 Å². The van der Waals surface area contributed by atoms with Crippen LogP contribution >= 0.6 is 0 Å². The Morgan fingerprint density at radius 2 is 2.36 bits per heavy atom. The summed E-state index contributed by atoms with van der Waals surface area (Å²) in [5.74, 6) is 0.292. The summed E-state index contributed by atoms with van der Waals surface area (Å²) in [6, 6.07) is 3.77. The minimum Gasteiger partial charge on any atom is -0.407 e. The lowest BCUT2D eigenvalue weighted by atomic mass is 10.1. The Morgan fingerprint density at radius 1 is 1.45 bits per heavy atom. The van der Waals surface area contributed by atoms with Crippen LogP contribution in [0.1, 0.15) is 12.0 Å². The molecule has 0 spiro atoms. The van der Waals surface area contributed by atoms with Crippen LogP contribution in [-0.2, 0) is 11.2 Å². The molecule has 0 atom stereocenters. The standard InChI is InChI=1S/C8H7NO2/c10-7-4-3-6-2-1-5-9-8(6)11-7/h1-2,5H,3-4H2. The number of esters is 1. The van der Waals surface area contributed by atoms with Gasteiger partial charge in [0.15, 0.2) is 0 Å². The molecule has 0 aliphatic carbocycles. The summed E-state index contributed by atoms with van der Waals surface area (Å²) in [5, 5.41) is 0. The molecule has 1 aliphatic rings. The summed E-state index contributed by atoms with van der Waals surface area (Å²) in [7, 11) is 0. The van der Waals surface area contributed by atoms with Crippen molar-refractivity contribution in [3.8, 4) is 5.88 Å². The van der Waals surface area contributed by atoms with Crippen molar-refractivity contribution in [3.05, 3.63) is 23.9 Å². The first-order valence-corrected chi connectivity index (χ1v) is 3.51. The number of ether oxygens (including phenoxy) is 1. The van der Waals surface area contributed by atoms with E-state index in [-0.39, 0.29) is 5.97 Å². The van der Waals surface area contributed by atoms with Crippen LogP contribution in [0.2, 0.25) is 0 Å². The van der Waals surface area contributed by atoms with Crippen molar-refractivity contribution in [2.45, 2.75) is 12.8 Å². The quantitative estimate of drug-likeness (QED) is 0.515. The highest BCUT2D eigenvalue weighted by atomic mass is 16.5. The Labute approximate surface area is 64.0 Å². The molecule has 0 radical (unpaired) electrons. The van der Waals surface area contributed by atoms with E-state index >= 15 is 0 Å². The number of nitrogens with zero attached hydrogens (tertiary/aromatic N) is 1. The van der Waals surface area contributed by atoms with E-state index in [1.54, 1.807) is 6.20 Å². The second-order valence-electron chi connectivity index (χ2n) is 2.44. The summed E-state index contributed by atoms with van der Waals surface area (Å²) in [5.41, 5.74) is 1.02. The van der Waals surface area contributed by atoms with Gasteiger partial charge in [-0.25, -0.2) is 4.98 Å². The van der Waals surface area contributed by atoms with Gasteiger partial charge in [-0.05, 0) is 12.5 Å². The van der Waals surface area contributed by atoms with Gasteiger partial charge in [0.1, 0.15) is 0 Å². The lowest BCUT2D eigenvalue weighted by molar-refractivity contribution is -0.135. The van der Waals surface area contributed by atoms with Gasteiger partial charge in [-0.15, -0.1) is 0 Å². The van der Waals surface area contributed by atoms with Crippen molar-refractivity contribution < 1.29 is 9.53 Å². The van der Waals surface area contributed by atoms with Crippen LogP contribution in [0.15, 0.2) is 18.3 Å². The van der Waals surface area contributed by atoms with Crippen molar-refractivity contribution in [1.29, 1.82) is 0 Å². The number of hydrogen-bond acceptors (Lipinski definition) is 3. The molecule has 1 aromatic rings. The molecule has 56 valence electrons. The van der Waals surface area contributed by atoms with E-state index in [0.29, 0.717) is 12.3 Å². The molecule has 0 N–H and O–H groups in total. The molecule has 0 unspecified atom stereocenters. The van der Waals surface area contributed by atoms with Gasteiger partial charge in [0.2, 0.25) is 5.88 Å². The van der Waals surface area contributed by atoms with Crippen LogP contribution in [-0.4, -0.2) is 11.0 Å². The van der Waals surface area contributed by atoms with E-state index in [1.165, 1.54) is 0 Å². The summed E-state index contributed by atoms with van der Waals surface area (Å²) in [6.45, 7) is 0. The van der Waals surface area contributed by atoms with Gasteiger partial charge < -0.3 is 4.74 Å². The Kier molecular flexibility index (Phi) is 1.35. The van der Waals surface area contributed by atoms with E-state index in [2.05, 4.69) is 4.98 Å². The minimum absolute atomic E-state index is 0.184. The number of fused-ring (bicyclic) bond motifs is 1. The summed E-state index contributed by atoms with van der Waals surface area (Å²) < 4.78 is 4.88. The first kappa shape index (κ1) is 6.34. The topological polar surface area (TPSA) is 39.2 Å². The number of carbonyl (C=O) groups is 1. The van der Waals surface area contributed by atoms with Crippen LogP contribution in [0.5, 0.6) is 5.88 Å². The number of carbonyl (C=O) groups excluding carboxylic acids is 1. The highest BCUT2D eigenvalue weighted by Gasteiger charge is 2.16. The lowest BCUT2D eigenvalue weighted by Gasteiger charge is -2.12. The molecule has 0 saturated heterocycles. The van der Waals surface area contributed by atoms with Gasteiger partial charge in [0, 0.05) is 11.8 Å². The zero-order valence-electron chi connectivity index (χ0n) is 5.91. The molecule has 3 nitrogen and oxygen atoms in total. The SMILES string of the molecule is O=C1CCc2cccnc2O1. The Bertz CT molecular complexity index is 296. The van der Waals surface area contributed by atoms with Gasteiger partial charge in [0.25, 0.3) is 0 Å². The highest BCUT2D eigenvalue weighted by Crippen LogP contribution is 2.20. The van der Waals surface area contributed by atoms with Crippen molar-refractivity contribution in [1.82, 2.24) is 4.98 Å². The van der Waals surface area contributed by atoms with Crippen molar-refractivity contribution in [3.63, 3.8) is 0 Å². The molecule has 2 heterocycles. The summed E-state index contributed by atoms with van der Waals surface area (Å²) in [4.78, 5) is 14.7. The third-order valence-electron chi connectivity index (χ3n) is 1.66. The average molecular weight is 149 g/mol. The van der Waals surface area contributed by atoms with E-state index in [1.807, 2.05) is 12.1 Å². The molecule has 0 fully saturated rings. The fourth-order valence-electron chi connectivity index (χ4n) is 1.10. The zero-order valence-corrected chi connectivity index (χ0v) is 5.91. The van der Waals surface area contributed by atoms with Crippen LogP contribution in [0.4, 0.5) is 0 Å². The molecule has 0 bridgehead atoms. The second kappa shape index (κ2) is 2.34. The predicted octanol–water partition coefficient (Wildman–Crippen LogP) is 0.933. The molecule has 11 heavy (non-hydrogen) atoms. The second-order valence-corrected chi connectivity index (χ2v) is 2.44. The van der Waals surface area contributed by atoms with Crippen molar-refractivity contribution >= 4 is 5.97 Å². The summed E-state index contributed by atoms with van der Waals surface area (Å²) in [6.07, 6.45) is 2.85. The first-order valence-electron chi connectivity index (χ1n) is 3.51. The normalized spacial score (nSPS) is 15.5. The maximum absolute atomic E-state index is 10.8. The van der Waals surface area contributed by atoms with Gasteiger partial charge in [-0.3, -0.25) is 4.79 Å². The molecule has 1 aliphatic heterocycles.